The molecule has 29 heavy (non-hydrogen) atoms. The van der Waals surface area contributed by atoms with Crippen LogP contribution < -0.4 is 10.2 Å². The fourth-order valence-electron chi connectivity index (χ4n) is 3.55. The molecule has 7 heteroatoms. The Hall–Kier alpha value is -3.01. The van der Waals surface area contributed by atoms with Crippen molar-refractivity contribution in [2.24, 2.45) is 0 Å². The number of rotatable bonds is 4. The average Bonchev–Trinajstić information content (AvgIpc) is 2.88. The monoisotopic (exact) mass is 398 g/mol. The van der Waals surface area contributed by atoms with E-state index in [4.69, 9.17) is 0 Å². The maximum absolute atomic E-state index is 13.8. The Morgan fingerprint density at radius 3 is 2.86 bits per heavy atom. The van der Waals surface area contributed by atoms with Gasteiger partial charge in [0.25, 0.3) is 5.91 Å². The summed E-state index contributed by atoms with van der Waals surface area (Å²) in [6, 6.07) is 9.57. The van der Waals surface area contributed by atoms with E-state index in [-0.39, 0.29) is 24.9 Å². The molecule has 1 aliphatic heterocycles. The van der Waals surface area contributed by atoms with Crippen molar-refractivity contribution in [3.63, 3.8) is 0 Å². The van der Waals surface area contributed by atoms with E-state index in [0.717, 1.165) is 12.0 Å². The van der Waals surface area contributed by atoms with Gasteiger partial charge in [-0.3, -0.25) is 4.79 Å². The van der Waals surface area contributed by atoms with Gasteiger partial charge in [0.2, 0.25) is 5.92 Å². The van der Waals surface area contributed by atoms with Crippen LogP contribution in [-0.4, -0.2) is 29.9 Å². The molecule has 0 radical (unpaired) electrons. The van der Waals surface area contributed by atoms with Gasteiger partial charge < -0.3 is 10.2 Å². The Morgan fingerprint density at radius 1 is 1.34 bits per heavy atom. The molecule has 2 aromatic rings. The highest BCUT2D eigenvalue weighted by Crippen LogP contribution is 2.32. The zero-order valence-corrected chi connectivity index (χ0v) is 16.6. The largest absolute Gasteiger partial charge is 0.356 e. The first-order valence-corrected chi connectivity index (χ1v) is 9.77. The SMILES string of the molecule is CCc1cccc(NC(=O)c2c(N3CCCC(F)(F)CC3)ncc(C#N)c2C)c1. The second-order valence-corrected chi connectivity index (χ2v) is 7.31. The van der Waals surface area contributed by atoms with Gasteiger partial charge in [-0.15, -0.1) is 0 Å². The number of alkyl halides is 2. The zero-order valence-electron chi connectivity index (χ0n) is 16.6. The van der Waals surface area contributed by atoms with Crippen molar-refractivity contribution in [1.29, 1.82) is 5.26 Å². The van der Waals surface area contributed by atoms with E-state index in [1.165, 1.54) is 6.20 Å². The van der Waals surface area contributed by atoms with Gasteiger partial charge in [0.15, 0.2) is 0 Å². The lowest BCUT2D eigenvalue weighted by atomic mass is 10.0. The molecule has 1 amide bonds. The number of hydrogen-bond donors (Lipinski definition) is 1. The number of anilines is 2. The van der Waals surface area contributed by atoms with Crippen molar-refractivity contribution in [2.75, 3.05) is 23.3 Å². The third-order valence-electron chi connectivity index (χ3n) is 5.28. The maximum atomic E-state index is 13.8. The van der Waals surface area contributed by atoms with Gasteiger partial charge in [-0.2, -0.15) is 5.26 Å². The molecule has 1 aromatic carbocycles. The lowest BCUT2D eigenvalue weighted by Crippen LogP contribution is -2.30. The van der Waals surface area contributed by atoms with Crippen molar-refractivity contribution in [3.8, 4) is 6.07 Å². The topological polar surface area (TPSA) is 69.0 Å². The second kappa shape index (κ2) is 8.56. The molecule has 1 fully saturated rings. The van der Waals surface area contributed by atoms with Crippen molar-refractivity contribution >= 4 is 17.4 Å². The summed E-state index contributed by atoms with van der Waals surface area (Å²) in [5.41, 5.74) is 2.78. The predicted molar refractivity (Wildman–Crippen MR) is 108 cm³/mol. The number of carbonyl (C=O) groups is 1. The molecule has 0 unspecified atom stereocenters. The highest BCUT2D eigenvalue weighted by molar-refractivity contribution is 6.09. The van der Waals surface area contributed by atoms with Crippen LogP contribution in [0.5, 0.6) is 0 Å². The minimum absolute atomic E-state index is 0.108. The molecule has 0 saturated carbocycles. The standard InChI is InChI=1S/C22H24F2N4O/c1-3-16-6-4-7-18(12-16)27-21(29)19-15(2)17(13-25)14-26-20(19)28-10-5-8-22(23,24)9-11-28/h4,6-7,12,14H,3,5,8-11H2,1-2H3,(H,27,29). The summed E-state index contributed by atoms with van der Waals surface area (Å²) >= 11 is 0. The van der Waals surface area contributed by atoms with Gasteiger partial charge in [-0.05, 0) is 43.0 Å². The van der Waals surface area contributed by atoms with Crippen molar-refractivity contribution < 1.29 is 13.6 Å². The number of aryl methyl sites for hydroxylation is 1. The van der Waals surface area contributed by atoms with E-state index in [9.17, 15) is 18.8 Å². The Balaban J connectivity index is 1.97. The normalized spacial score (nSPS) is 16.0. The minimum atomic E-state index is -2.71. The highest BCUT2D eigenvalue weighted by Gasteiger charge is 2.33. The Morgan fingerprint density at radius 2 is 2.14 bits per heavy atom. The Bertz CT molecular complexity index is 952. The van der Waals surface area contributed by atoms with Gasteiger partial charge >= 0.3 is 0 Å². The number of nitrogens with one attached hydrogen (secondary N) is 1. The van der Waals surface area contributed by atoms with E-state index >= 15 is 0 Å². The van der Waals surface area contributed by atoms with E-state index in [2.05, 4.69) is 10.3 Å². The van der Waals surface area contributed by atoms with Crippen molar-refractivity contribution in [3.05, 3.63) is 52.7 Å². The third kappa shape index (κ3) is 4.70. The van der Waals surface area contributed by atoms with Gasteiger partial charge in [0, 0.05) is 37.8 Å². The summed E-state index contributed by atoms with van der Waals surface area (Å²) in [4.78, 5) is 19.2. The molecule has 0 aliphatic carbocycles. The summed E-state index contributed by atoms with van der Waals surface area (Å²) in [5.74, 6) is -2.76. The lowest BCUT2D eigenvalue weighted by molar-refractivity contribution is -0.0102. The molecular weight excluding hydrogens is 374 g/mol. The van der Waals surface area contributed by atoms with Crippen LogP contribution in [0.25, 0.3) is 0 Å². The summed E-state index contributed by atoms with van der Waals surface area (Å²) in [6.45, 7) is 4.21. The average molecular weight is 398 g/mol. The van der Waals surface area contributed by atoms with E-state index in [1.54, 1.807) is 17.9 Å². The second-order valence-electron chi connectivity index (χ2n) is 7.31. The van der Waals surface area contributed by atoms with Crippen LogP contribution in [-0.2, 0) is 6.42 Å². The summed E-state index contributed by atoms with van der Waals surface area (Å²) in [7, 11) is 0. The number of nitrogens with zero attached hydrogens (tertiary/aromatic N) is 3. The molecule has 1 saturated heterocycles. The first kappa shape index (κ1) is 20.7. The van der Waals surface area contributed by atoms with Crippen LogP contribution in [0.1, 0.15) is 53.2 Å². The zero-order chi connectivity index (χ0) is 21.0. The number of benzene rings is 1. The third-order valence-corrected chi connectivity index (χ3v) is 5.28. The fraction of sp³-hybridized carbons (Fsp3) is 0.409. The molecule has 2 heterocycles. The highest BCUT2D eigenvalue weighted by atomic mass is 19.3. The van der Waals surface area contributed by atoms with Gasteiger partial charge in [0.1, 0.15) is 11.9 Å². The molecule has 5 nitrogen and oxygen atoms in total. The molecule has 1 N–H and O–H groups in total. The van der Waals surface area contributed by atoms with Crippen LogP contribution >= 0.6 is 0 Å². The van der Waals surface area contributed by atoms with Crippen LogP contribution in [0, 0.1) is 18.3 Å². The van der Waals surface area contributed by atoms with Crippen LogP contribution in [0.3, 0.4) is 0 Å². The van der Waals surface area contributed by atoms with Crippen LogP contribution in [0.15, 0.2) is 30.5 Å². The van der Waals surface area contributed by atoms with Gasteiger partial charge in [-0.25, -0.2) is 13.8 Å². The molecule has 1 aliphatic rings. The fourth-order valence-corrected chi connectivity index (χ4v) is 3.55. The Labute approximate surface area is 169 Å². The maximum Gasteiger partial charge on any atom is 0.259 e. The van der Waals surface area contributed by atoms with E-state index < -0.39 is 11.8 Å². The Kier molecular flexibility index (Phi) is 6.12. The number of halogens is 2. The molecule has 0 bridgehead atoms. The molecule has 0 spiro atoms. The van der Waals surface area contributed by atoms with E-state index in [1.807, 2.05) is 31.2 Å². The smallest absolute Gasteiger partial charge is 0.259 e. The first-order valence-electron chi connectivity index (χ1n) is 9.77. The number of carbonyl (C=O) groups excluding carboxylic acids is 1. The number of amides is 1. The molecule has 1 aromatic heterocycles. The molecule has 0 atom stereocenters. The first-order chi connectivity index (χ1) is 13.8. The summed E-state index contributed by atoms with van der Waals surface area (Å²) < 4.78 is 27.6. The lowest BCUT2D eigenvalue weighted by Gasteiger charge is -2.25. The number of aromatic nitrogens is 1. The quantitative estimate of drug-likeness (QED) is 0.810. The number of nitriles is 1. The number of hydrogen-bond acceptors (Lipinski definition) is 4. The number of pyridine rings is 1. The van der Waals surface area contributed by atoms with Gasteiger partial charge in [-0.1, -0.05) is 19.1 Å². The molecule has 3 rings (SSSR count). The molecular formula is C22H24F2N4O. The minimum Gasteiger partial charge on any atom is -0.356 e. The van der Waals surface area contributed by atoms with Crippen LogP contribution in [0.4, 0.5) is 20.3 Å². The van der Waals surface area contributed by atoms with Crippen molar-refractivity contribution in [1.82, 2.24) is 4.98 Å². The predicted octanol–water partition coefficient (Wildman–Crippen LogP) is 4.70. The van der Waals surface area contributed by atoms with E-state index in [0.29, 0.717) is 35.6 Å². The summed E-state index contributed by atoms with van der Waals surface area (Å²) in [6.07, 6.45) is 2.09. The summed E-state index contributed by atoms with van der Waals surface area (Å²) in [5, 5.41) is 12.2. The molecule has 152 valence electrons. The van der Waals surface area contributed by atoms with Crippen molar-refractivity contribution in [2.45, 2.75) is 45.5 Å². The van der Waals surface area contributed by atoms with Gasteiger partial charge in [0.05, 0.1) is 11.1 Å². The van der Waals surface area contributed by atoms with Crippen LogP contribution in [0.2, 0.25) is 0 Å².